The topological polar surface area (TPSA) is 110 Å². The number of fused-ring (bicyclic) bond motifs is 2. The third-order valence-electron chi connectivity index (χ3n) is 5.51. The quantitative estimate of drug-likeness (QED) is 0.280. The largest absolute Gasteiger partial charge is 0.321 e. The molecule has 1 aliphatic rings. The Labute approximate surface area is 187 Å². The number of anilines is 2. The molecule has 4 aromatic rings. The summed E-state index contributed by atoms with van der Waals surface area (Å²) in [6.45, 7) is 0. The average molecular weight is 437 g/mol. The number of carbonyl (C=O) groups excluding carboxylic acids is 3. The number of benzene rings is 4. The molecule has 1 heterocycles. The lowest BCUT2D eigenvalue weighted by Crippen LogP contribution is -2.29. The van der Waals surface area contributed by atoms with E-state index in [0.29, 0.717) is 5.69 Å². The number of non-ortho nitro benzene ring substituents is 1. The summed E-state index contributed by atoms with van der Waals surface area (Å²) < 4.78 is 0. The van der Waals surface area contributed by atoms with E-state index >= 15 is 0 Å². The van der Waals surface area contributed by atoms with Crippen LogP contribution in [-0.4, -0.2) is 22.6 Å². The molecule has 3 amide bonds. The van der Waals surface area contributed by atoms with Gasteiger partial charge in [-0.25, -0.2) is 4.90 Å². The van der Waals surface area contributed by atoms with Crippen LogP contribution in [0.4, 0.5) is 17.1 Å². The summed E-state index contributed by atoms with van der Waals surface area (Å²) in [5.41, 5.74) is 1.20. The molecule has 5 rings (SSSR count). The number of nitro benzene ring substituents is 1. The van der Waals surface area contributed by atoms with Gasteiger partial charge in [0.15, 0.2) is 0 Å². The highest BCUT2D eigenvalue weighted by molar-refractivity contribution is 6.34. The van der Waals surface area contributed by atoms with E-state index in [-0.39, 0.29) is 28.1 Å². The van der Waals surface area contributed by atoms with Crippen molar-refractivity contribution in [3.05, 3.63) is 112 Å². The van der Waals surface area contributed by atoms with Crippen molar-refractivity contribution in [1.29, 1.82) is 0 Å². The lowest BCUT2D eigenvalue weighted by Gasteiger charge is -2.13. The van der Waals surface area contributed by atoms with Crippen LogP contribution >= 0.6 is 0 Å². The van der Waals surface area contributed by atoms with Gasteiger partial charge in [-0.2, -0.15) is 0 Å². The lowest BCUT2D eigenvalue weighted by molar-refractivity contribution is -0.384. The van der Waals surface area contributed by atoms with Crippen LogP contribution in [0.1, 0.15) is 31.1 Å². The monoisotopic (exact) mass is 437 g/mol. The molecule has 1 N–H and O–H groups in total. The Bertz CT molecular complexity index is 1470. The van der Waals surface area contributed by atoms with E-state index in [0.717, 1.165) is 15.7 Å². The fourth-order valence-corrected chi connectivity index (χ4v) is 3.87. The molecular weight excluding hydrogens is 422 g/mol. The number of amides is 3. The van der Waals surface area contributed by atoms with Crippen molar-refractivity contribution in [3.8, 4) is 0 Å². The molecule has 0 spiro atoms. The minimum absolute atomic E-state index is 0.101. The first-order valence-corrected chi connectivity index (χ1v) is 10.0. The molecule has 1 aliphatic heterocycles. The number of imide groups is 1. The van der Waals surface area contributed by atoms with Gasteiger partial charge < -0.3 is 5.32 Å². The van der Waals surface area contributed by atoms with Crippen molar-refractivity contribution in [1.82, 2.24) is 0 Å². The van der Waals surface area contributed by atoms with E-state index in [1.165, 1.54) is 42.5 Å². The molecule has 160 valence electrons. The number of nitro groups is 1. The van der Waals surface area contributed by atoms with Crippen molar-refractivity contribution in [2.45, 2.75) is 0 Å². The highest BCUT2D eigenvalue weighted by atomic mass is 16.6. The van der Waals surface area contributed by atoms with Crippen molar-refractivity contribution in [2.75, 3.05) is 10.2 Å². The number of hydrogen-bond donors (Lipinski definition) is 1. The maximum Gasteiger partial charge on any atom is 0.269 e. The van der Waals surface area contributed by atoms with Crippen LogP contribution in [0.5, 0.6) is 0 Å². The Kier molecular flexibility index (Phi) is 4.68. The number of carbonyl (C=O) groups is 3. The van der Waals surface area contributed by atoms with Crippen LogP contribution in [0.2, 0.25) is 0 Å². The van der Waals surface area contributed by atoms with Crippen LogP contribution in [0, 0.1) is 10.1 Å². The second-order valence-electron chi connectivity index (χ2n) is 7.46. The molecule has 0 aromatic heterocycles. The van der Waals surface area contributed by atoms with Crippen molar-refractivity contribution >= 4 is 45.6 Å². The highest BCUT2D eigenvalue weighted by Crippen LogP contribution is 2.31. The Hall–Kier alpha value is -4.85. The van der Waals surface area contributed by atoms with Gasteiger partial charge in [0.25, 0.3) is 23.4 Å². The van der Waals surface area contributed by atoms with Gasteiger partial charge >= 0.3 is 0 Å². The summed E-state index contributed by atoms with van der Waals surface area (Å²) in [6.07, 6.45) is 0. The first kappa shape index (κ1) is 20.1. The Morgan fingerprint density at radius 1 is 0.818 bits per heavy atom. The van der Waals surface area contributed by atoms with Gasteiger partial charge in [0.1, 0.15) is 0 Å². The molecule has 0 aliphatic carbocycles. The first-order valence-electron chi connectivity index (χ1n) is 10.0. The van der Waals surface area contributed by atoms with Gasteiger partial charge in [-0.3, -0.25) is 24.5 Å². The standard InChI is InChI=1S/C25H15N3O5/c29-23(26-22-7-3-5-15-4-1-2-6-19(15)22)16-8-13-20-21(14-16)25(31)27(24(20)30)17-9-11-18(12-10-17)28(32)33/h1-14H,(H,26,29). The Morgan fingerprint density at radius 2 is 1.52 bits per heavy atom. The van der Waals surface area contributed by atoms with Gasteiger partial charge in [0, 0.05) is 28.8 Å². The number of rotatable bonds is 4. The molecule has 8 heteroatoms. The van der Waals surface area contributed by atoms with E-state index in [1.54, 1.807) is 6.07 Å². The number of nitrogens with one attached hydrogen (secondary N) is 1. The summed E-state index contributed by atoms with van der Waals surface area (Å²) in [5.74, 6) is -1.56. The Morgan fingerprint density at radius 3 is 2.27 bits per heavy atom. The van der Waals surface area contributed by atoms with Crippen molar-refractivity contribution < 1.29 is 19.3 Å². The minimum atomic E-state index is -0.594. The van der Waals surface area contributed by atoms with Gasteiger partial charge in [-0.15, -0.1) is 0 Å². The van der Waals surface area contributed by atoms with Crippen molar-refractivity contribution in [3.63, 3.8) is 0 Å². The second-order valence-corrected chi connectivity index (χ2v) is 7.46. The zero-order chi connectivity index (χ0) is 23.1. The predicted molar refractivity (Wildman–Crippen MR) is 123 cm³/mol. The summed E-state index contributed by atoms with van der Waals surface area (Å²) in [6, 6.07) is 22.7. The van der Waals surface area contributed by atoms with Crippen LogP contribution in [0.3, 0.4) is 0 Å². The summed E-state index contributed by atoms with van der Waals surface area (Å²) in [4.78, 5) is 50.0. The van der Waals surface area contributed by atoms with Crippen LogP contribution in [0.25, 0.3) is 10.8 Å². The summed E-state index contributed by atoms with van der Waals surface area (Å²) >= 11 is 0. The molecule has 0 unspecified atom stereocenters. The van der Waals surface area contributed by atoms with Gasteiger partial charge in [0.2, 0.25) is 0 Å². The van der Waals surface area contributed by atoms with Gasteiger partial charge in [0.05, 0.1) is 21.7 Å². The number of nitrogens with zero attached hydrogens (tertiary/aromatic N) is 2. The molecule has 4 aromatic carbocycles. The van der Waals surface area contributed by atoms with Crippen LogP contribution in [-0.2, 0) is 0 Å². The van der Waals surface area contributed by atoms with E-state index in [4.69, 9.17) is 0 Å². The Balaban J connectivity index is 1.44. The fourth-order valence-electron chi connectivity index (χ4n) is 3.87. The van der Waals surface area contributed by atoms with E-state index < -0.39 is 22.6 Å². The van der Waals surface area contributed by atoms with Crippen LogP contribution in [0.15, 0.2) is 84.9 Å². The lowest BCUT2D eigenvalue weighted by atomic mass is 10.0. The summed E-state index contributed by atoms with van der Waals surface area (Å²) in [5, 5.41) is 15.6. The molecule has 0 bridgehead atoms. The third-order valence-corrected chi connectivity index (χ3v) is 5.51. The normalized spacial score (nSPS) is 12.7. The second kappa shape index (κ2) is 7.69. The minimum Gasteiger partial charge on any atom is -0.321 e. The molecule has 0 saturated carbocycles. The fraction of sp³-hybridized carbons (Fsp3) is 0. The predicted octanol–water partition coefficient (Wildman–Crippen LogP) is 4.80. The van der Waals surface area contributed by atoms with Crippen molar-refractivity contribution in [2.24, 2.45) is 0 Å². The zero-order valence-corrected chi connectivity index (χ0v) is 17.0. The van der Waals surface area contributed by atoms with Crippen LogP contribution < -0.4 is 10.2 Å². The first-order chi connectivity index (χ1) is 15.9. The maximum atomic E-state index is 13.0. The summed E-state index contributed by atoms with van der Waals surface area (Å²) in [7, 11) is 0. The molecule has 0 atom stereocenters. The molecule has 0 fully saturated rings. The van der Waals surface area contributed by atoms with Gasteiger partial charge in [-0.1, -0.05) is 36.4 Å². The van der Waals surface area contributed by atoms with E-state index in [1.807, 2.05) is 36.4 Å². The third kappa shape index (κ3) is 3.39. The van der Waals surface area contributed by atoms with Gasteiger partial charge in [-0.05, 0) is 41.8 Å². The van der Waals surface area contributed by atoms with E-state index in [9.17, 15) is 24.5 Å². The molecule has 33 heavy (non-hydrogen) atoms. The molecule has 8 nitrogen and oxygen atoms in total. The number of hydrogen-bond acceptors (Lipinski definition) is 5. The smallest absolute Gasteiger partial charge is 0.269 e. The maximum absolute atomic E-state index is 13.0. The highest BCUT2D eigenvalue weighted by Gasteiger charge is 2.37. The molecular formula is C25H15N3O5. The SMILES string of the molecule is O=C(Nc1cccc2ccccc12)c1ccc2c(c1)C(=O)N(c1ccc([N+](=O)[O-])cc1)C2=O. The molecule has 0 radical (unpaired) electrons. The zero-order valence-electron chi connectivity index (χ0n) is 17.0. The van der Waals surface area contributed by atoms with E-state index in [2.05, 4.69) is 5.32 Å². The average Bonchev–Trinajstić information content (AvgIpc) is 3.08. The molecule has 0 saturated heterocycles.